The van der Waals surface area contributed by atoms with Crippen molar-refractivity contribution in [3.05, 3.63) is 24.3 Å². The number of carbonyl (C=O) groups excluding carboxylic acids is 1. The van der Waals surface area contributed by atoms with E-state index in [0.29, 0.717) is 19.3 Å². The molecule has 3 rings (SSSR count). The summed E-state index contributed by atoms with van der Waals surface area (Å²) in [7, 11) is 0. The van der Waals surface area contributed by atoms with Crippen molar-refractivity contribution >= 4 is 17.3 Å². The van der Waals surface area contributed by atoms with Gasteiger partial charge in [0.05, 0.1) is 0 Å². The Morgan fingerprint density at radius 1 is 1.00 bits per heavy atom. The highest BCUT2D eigenvalue weighted by atomic mass is 19.1. The Bertz CT molecular complexity index is 502. The predicted octanol–water partition coefficient (Wildman–Crippen LogP) is 3.53. The van der Waals surface area contributed by atoms with Gasteiger partial charge in [0.15, 0.2) is 0 Å². The molecule has 0 saturated carbocycles. The van der Waals surface area contributed by atoms with E-state index >= 15 is 0 Å². The maximum Gasteiger partial charge on any atom is 0.226 e. The second-order valence-electron chi connectivity index (χ2n) is 6.42. The first-order valence-electron chi connectivity index (χ1n) is 7.89. The van der Waals surface area contributed by atoms with Crippen LogP contribution < -0.4 is 9.80 Å². The summed E-state index contributed by atoms with van der Waals surface area (Å²) in [5.74, 6) is 0.222. The number of hydrogen-bond donors (Lipinski definition) is 0. The molecule has 1 aromatic carbocycles. The topological polar surface area (TPSA) is 23.6 Å². The van der Waals surface area contributed by atoms with Gasteiger partial charge in [-0.05, 0) is 56.9 Å². The Kier molecular flexibility index (Phi) is 3.87. The zero-order valence-corrected chi connectivity index (χ0v) is 12.6. The minimum absolute atomic E-state index is 0.222. The molecule has 4 heteroatoms. The maximum atomic E-state index is 13.8. The first-order chi connectivity index (χ1) is 10.1. The molecular formula is C17H23FN2O. The highest BCUT2D eigenvalue weighted by Crippen LogP contribution is 2.30. The first-order valence-corrected chi connectivity index (χ1v) is 7.89. The quantitative estimate of drug-likeness (QED) is 0.832. The largest absolute Gasteiger partial charge is 0.371 e. The molecule has 2 fully saturated rings. The molecular weight excluding hydrogens is 267 g/mol. The van der Waals surface area contributed by atoms with Crippen molar-refractivity contribution in [2.45, 2.75) is 44.7 Å². The fourth-order valence-corrected chi connectivity index (χ4v) is 3.15. The van der Waals surface area contributed by atoms with Crippen LogP contribution in [0.1, 0.15) is 39.0 Å². The summed E-state index contributed by atoms with van der Waals surface area (Å²) < 4.78 is 13.8. The van der Waals surface area contributed by atoms with E-state index in [1.807, 2.05) is 17.0 Å². The van der Waals surface area contributed by atoms with E-state index in [1.54, 1.807) is 6.92 Å². The van der Waals surface area contributed by atoms with E-state index in [4.69, 9.17) is 0 Å². The highest BCUT2D eigenvalue weighted by molar-refractivity contribution is 5.94. The van der Waals surface area contributed by atoms with Crippen LogP contribution in [0, 0.1) is 0 Å². The van der Waals surface area contributed by atoms with Gasteiger partial charge in [-0.25, -0.2) is 4.39 Å². The average Bonchev–Trinajstić information content (AvgIpc) is 2.48. The molecule has 2 aliphatic heterocycles. The third-order valence-corrected chi connectivity index (χ3v) is 4.66. The fraction of sp³-hybridized carbons (Fsp3) is 0.588. The lowest BCUT2D eigenvalue weighted by atomic mass is 9.95. The van der Waals surface area contributed by atoms with E-state index in [-0.39, 0.29) is 5.91 Å². The highest BCUT2D eigenvalue weighted by Gasteiger charge is 2.29. The van der Waals surface area contributed by atoms with Crippen LogP contribution in [0.5, 0.6) is 0 Å². The second-order valence-corrected chi connectivity index (χ2v) is 6.42. The van der Waals surface area contributed by atoms with Crippen LogP contribution in [-0.2, 0) is 4.79 Å². The van der Waals surface area contributed by atoms with Crippen molar-refractivity contribution in [2.24, 2.45) is 0 Å². The summed E-state index contributed by atoms with van der Waals surface area (Å²) in [6.07, 6.45) is 3.90. The van der Waals surface area contributed by atoms with E-state index < -0.39 is 5.67 Å². The van der Waals surface area contributed by atoms with E-state index in [9.17, 15) is 9.18 Å². The minimum Gasteiger partial charge on any atom is -0.371 e. The van der Waals surface area contributed by atoms with Crippen molar-refractivity contribution in [3.63, 3.8) is 0 Å². The van der Waals surface area contributed by atoms with Crippen LogP contribution in [0.15, 0.2) is 24.3 Å². The number of rotatable bonds is 2. The van der Waals surface area contributed by atoms with Gasteiger partial charge in [-0.15, -0.1) is 0 Å². The lowest BCUT2D eigenvalue weighted by Crippen LogP contribution is -2.40. The molecule has 1 aromatic rings. The molecule has 2 aliphatic rings. The fourth-order valence-electron chi connectivity index (χ4n) is 3.15. The van der Waals surface area contributed by atoms with Crippen molar-refractivity contribution in [3.8, 4) is 0 Å². The molecule has 3 nitrogen and oxygen atoms in total. The maximum absolute atomic E-state index is 13.8. The monoisotopic (exact) mass is 290 g/mol. The molecule has 0 aliphatic carbocycles. The summed E-state index contributed by atoms with van der Waals surface area (Å²) in [5.41, 5.74) is 1.09. The zero-order valence-electron chi connectivity index (χ0n) is 12.6. The van der Waals surface area contributed by atoms with Gasteiger partial charge in [0.1, 0.15) is 5.67 Å². The van der Waals surface area contributed by atoms with E-state index in [1.165, 1.54) is 0 Å². The Hall–Kier alpha value is -1.58. The van der Waals surface area contributed by atoms with Crippen molar-refractivity contribution in [1.82, 2.24) is 0 Å². The zero-order chi connectivity index (χ0) is 14.9. The van der Waals surface area contributed by atoms with Gasteiger partial charge in [-0.2, -0.15) is 0 Å². The van der Waals surface area contributed by atoms with Gasteiger partial charge in [0, 0.05) is 37.4 Å². The molecule has 0 N–H and O–H groups in total. The van der Waals surface area contributed by atoms with Crippen LogP contribution in [0.4, 0.5) is 15.8 Å². The van der Waals surface area contributed by atoms with Crippen LogP contribution in [-0.4, -0.2) is 31.2 Å². The van der Waals surface area contributed by atoms with Crippen LogP contribution in [0.3, 0.4) is 0 Å². The number of piperidine rings is 2. The Morgan fingerprint density at radius 3 is 2.24 bits per heavy atom. The predicted molar refractivity (Wildman–Crippen MR) is 83.6 cm³/mol. The number of benzene rings is 1. The Balaban J connectivity index is 1.68. The molecule has 21 heavy (non-hydrogen) atoms. The van der Waals surface area contributed by atoms with Crippen molar-refractivity contribution in [2.75, 3.05) is 29.4 Å². The van der Waals surface area contributed by atoms with Crippen LogP contribution in [0.25, 0.3) is 0 Å². The number of alkyl halides is 1. The molecule has 0 atom stereocenters. The third-order valence-electron chi connectivity index (χ3n) is 4.66. The second kappa shape index (κ2) is 5.66. The van der Waals surface area contributed by atoms with Gasteiger partial charge in [-0.3, -0.25) is 4.79 Å². The van der Waals surface area contributed by atoms with Gasteiger partial charge in [0.2, 0.25) is 5.91 Å². The van der Waals surface area contributed by atoms with Gasteiger partial charge < -0.3 is 9.80 Å². The number of nitrogens with zero attached hydrogens (tertiary/aromatic N) is 2. The lowest BCUT2D eigenvalue weighted by molar-refractivity contribution is -0.119. The molecule has 2 saturated heterocycles. The van der Waals surface area contributed by atoms with Crippen molar-refractivity contribution < 1.29 is 9.18 Å². The normalized spacial score (nSPS) is 22.5. The summed E-state index contributed by atoms with van der Waals surface area (Å²) >= 11 is 0. The SMILES string of the molecule is CC1(F)CCN(c2ccc(N3CCCCC3=O)cc2)CC1. The number of amides is 1. The molecule has 0 bridgehead atoms. The molecule has 0 radical (unpaired) electrons. The molecule has 1 amide bonds. The number of halogens is 1. The molecule has 0 unspecified atom stereocenters. The average molecular weight is 290 g/mol. The molecule has 0 aromatic heterocycles. The summed E-state index contributed by atoms with van der Waals surface area (Å²) in [6.45, 7) is 4.03. The van der Waals surface area contributed by atoms with Crippen molar-refractivity contribution in [1.29, 1.82) is 0 Å². The third kappa shape index (κ3) is 3.20. The molecule has 0 spiro atoms. The lowest BCUT2D eigenvalue weighted by Gasteiger charge is -2.36. The van der Waals surface area contributed by atoms with Crippen LogP contribution in [0.2, 0.25) is 0 Å². The Labute approximate surface area is 125 Å². The van der Waals surface area contributed by atoms with Gasteiger partial charge >= 0.3 is 0 Å². The van der Waals surface area contributed by atoms with E-state index in [2.05, 4.69) is 17.0 Å². The minimum atomic E-state index is -1.02. The summed E-state index contributed by atoms with van der Waals surface area (Å²) in [6, 6.07) is 8.14. The Morgan fingerprint density at radius 2 is 1.62 bits per heavy atom. The summed E-state index contributed by atoms with van der Waals surface area (Å²) in [4.78, 5) is 16.0. The van der Waals surface area contributed by atoms with E-state index in [0.717, 1.165) is 43.9 Å². The van der Waals surface area contributed by atoms with Gasteiger partial charge in [-0.1, -0.05) is 0 Å². The number of hydrogen-bond acceptors (Lipinski definition) is 2. The number of anilines is 2. The van der Waals surface area contributed by atoms with Crippen LogP contribution >= 0.6 is 0 Å². The summed E-state index contributed by atoms with van der Waals surface area (Å²) in [5, 5.41) is 0. The standard InChI is InChI=1S/C17H23FN2O/c1-17(18)9-12-19(13-10-17)14-5-7-15(8-6-14)20-11-3-2-4-16(20)21/h5-8H,2-4,9-13H2,1H3. The van der Waals surface area contributed by atoms with Gasteiger partial charge in [0.25, 0.3) is 0 Å². The molecule has 114 valence electrons. The smallest absolute Gasteiger partial charge is 0.226 e. The molecule has 2 heterocycles. The number of carbonyl (C=O) groups is 1. The first kappa shape index (κ1) is 14.4.